The van der Waals surface area contributed by atoms with Gasteiger partial charge in [0.2, 0.25) is 11.8 Å². The molecule has 2 aromatic carbocycles. The van der Waals surface area contributed by atoms with Crippen LogP contribution in [0, 0.1) is 0 Å². The number of fused-ring (bicyclic) bond motifs is 1. The van der Waals surface area contributed by atoms with Crippen molar-refractivity contribution in [2.45, 2.75) is 32.2 Å². The van der Waals surface area contributed by atoms with E-state index in [4.69, 9.17) is 0 Å². The van der Waals surface area contributed by atoms with Crippen molar-refractivity contribution in [3.8, 4) is 0 Å². The molecule has 3 rings (SSSR count). The molecule has 1 aliphatic rings. The lowest BCUT2D eigenvalue weighted by Gasteiger charge is -2.37. The predicted octanol–water partition coefficient (Wildman–Crippen LogP) is 2.88. The van der Waals surface area contributed by atoms with Gasteiger partial charge in [-0.15, -0.1) is 0 Å². The van der Waals surface area contributed by atoms with E-state index in [0.717, 1.165) is 12.8 Å². The predicted molar refractivity (Wildman–Crippen MR) is 98.0 cm³/mol. The second-order valence-electron chi connectivity index (χ2n) is 6.37. The van der Waals surface area contributed by atoms with Gasteiger partial charge in [-0.1, -0.05) is 61.5 Å². The third-order valence-electron chi connectivity index (χ3n) is 4.76. The van der Waals surface area contributed by atoms with Crippen molar-refractivity contribution in [3.63, 3.8) is 0 Å². The Balaban J connectivity index is 1.83. The van der Waals surface area contributed by atoms with E-state index >= 15 is 0 Å². The number of benzene rings is 2. The molecule has 0 aromatic heterocycles. The summed E-state index contributed by atoms with van der Waals surface area (Å²) in [6.45, 7) is 2.55. The average Bonchev–Trinajstić information content (AvgIpc) is 2.67. The zero-order valence-corrected chi connectivity index (χ0v) is 14.6. The number of hydrogen-bond acceptors (Lipinski definition) is 2. The number of carbonyl (C=O) groups excluding carboxylic acids is 2. The van der Waals surface area contributed by atoms with Gasteiger partial charge in [0.05, 0.1) is 12.6 Å². The van der Waals surface area contributed by atoms with E-state index < -0.39 is 0 Å². The smallest absolute Gasteiger partial charge is 0.242 e. The first-order valence-electron chi connectivity index (χ1n) is 8.87. The van der Waals surface area contributed by atoms with Crippen molar-refractivity contribution < 1.29 is 9.59 Å². The van der Waals surface area contributed by atoms with Gasteiger partial charge < -0.3 is 10.2 Å². The average molecular weight is 336 g/mol. The lowest BCUT2D eigenvalue weighted by Crippen LogP contribution is -2.45. The second-order valence-corrected chi connectivity index (χ2v) is 6.37. The first-order chi connectivity index (χ1) is 12.2. The molecule has 1 atom stereocenters. The summed E-state index contributed by atoms with van der Waals surface area (Å²) in [6.07, 6.45) is 2.03. The highest BCUT2D eigenvalue weighted by atomic mass is 16.2. The van der Waals surface area contributed by atoms with Gasteiger partial charge in [0, 0.05) is 13.0 Å². The fourth-order valence-electron chi connectivity index (χ4n) is 3.41. The third kappa shape index (κ3) is 4.08. The fraction of sp³-hybridized carbons (Fsp3) is 0.333. The van der Waals surface area contributed by atoms with Crippen LogP contribution >= 0.6 is 0 Å². The van der Waals surface area contributed by atoms with Crippen molar-refractivity contribution in [1.82, 2.24) is 10.2 Å². The lowest BCUT2D eigenvalue weighted by molar-refractivity contribution is -0.135. The Morgan fingerprint density at radius 2 is 1.80 bits per heavy atom. The van der Waals surface area contributed by atoms with Gasteiger partial charge in [0.1, 0.15) is 0 Å². The van der Waals surface area contributed by atoms with Gasteiger partial charge in [-0.05, 0) is 29.5 Å². The molecule has 0 bridgehead atoms. The molecule has 0 saturated heterocycles. The van der Waals surface area contributed by atoms with Crippen LogP contribution in [0.3, 0.4) is 0 Å². The lowest BCUT2D eigenvalue weighted by atomic mass is 9.88. The normalized spacial score (nSPS) is 16.2. The minimum atomic E-state index is -0.0923. The molecule has 25 heavy (non-hydrogen) atoms. The molecule has 4 nitrogen and oxygen atoms in total. The summed E-state index contributed by atoms with van der Waals surface area (Å²) < 4.78 is 0. The van der Waals surface area contributed by atoms with Crippen molar-refractivity contribution in [1.29, 1.82) is 0 Å². The number of carbonyl (C=O) groups is 2. The van der Waals surface area contributed by atoms with Crippen LogP contribution in [0.4, 0.5) is 0 Å². The fourth-order valence-corrected chi connectivity index (χ4v) is 3.41. The summed E-state index contributed by atoms with van der Waals surface area (Å²) in [5.74, 6) is -0.109. The molecule has 0 aliphatic carbocycles. The molecule has 0 saturated carbocycles. The number of rotatable bonds is 5. The second kappa shape index (κ2) is 7.97. The molecule has 1 N–H and O–H groups in total. The Morgan fingerprint density at radius 1 is 1.08 bits per heavy atom. The van der Waals surface area contributed by atoms with Crippen molar-refractivity contribution >= 4 is 11.8 Å². The maximum Gasteiger partial charge on any atom is 0.242 e. The molecule has 1 aliphatic heterocycles. The Bertz CT molecular complexity index is 743. The third-order valence-corrected chi connectivity index (χ3v) is 4.76. The van der Waals surface area contributed by atoms with Crippen molar-refractivity contribution in [2.24, 2.45) is 0 Å². The summed E-state index contributed by atoms with van der Waals surface area (Å²) in [5.41, 5.74) is 3.73. The first-order valence-corrected chi connectivity index (χ1v) is 8.87. The van der Waals surface area contributed by atoms with E-state index in [-0.39, 0.29) is 24.4 Å². The van der Waals surface area contributed by atoms with Crippen molar-refractivity contribution in [2.75, 3.05) is 13.1 Å². The van der Waals surface area contributed by atoms with E-state index in [9.17, 15) is 9.59 Å². The Morgan fingerprint density at radius 3 is 2.56 bits per heavy atom. The van der Waals surface area contributed by atoms with Gasteiger partial charge in [-0.2, -0.15) is 0 Å². The van der Waals surface area contributed by atoms with E-state index in [1.165, 1.54) is 16.7 Å². The number of hydrogen-bond donors (Lipinski definition) is 1. The molecule has 130 valence electrons. The molecule has 4 heteroatoms. The molecule has 2 aromatic rings. The highest BCUT2D eigenvalue weighted by molar-refractivity contribution is 5.85. The van der Waals surface area contributed by atoms with Crippen molar-refractivity contribution in [3.05, 3.63) is 71.3 Å². The summed E-state index contributed by atoms with van der Waals surface area (Å²) in [5, 5.41) is 2.71. The molecule has 0 unspecified atom stereocenters. The highest BCUT2D eigenvalue weighted by Gasteiger charge is 2.30. The molecule has 0 radical (unpaired) electrons. The standard InChI is InChI=1S/C21H24N2O2/c1-2-20(24)22-15-21(25)23-13-12-17-10-6-7-11-18(17)19(23)14-16-8-4-3-5-9-16/h3-11,19H,2,12-15H2,1H3,(H,22,24)/t19-/m0/s1. The van der Waals surface area contributed by atoms with Crippen LogP contribution < -0.4 is 5.32 Å². The van der Waals surface area contributed by atoms with Crippen LogP contribution in [0.5, 0.6) is 0 Å². The van der Waals surface area contributed by atoms with E-state index in [2.05, 4.69) is 35.6 Å². The quantitative estimate of drug-likeness (QED) is 0.913. The molecule has 0 spiro atoms. The molecular weight excluding hydrogens is 312 g/mol. The van der Waals surface area contributed by atoms with Crippen LogP contribution in [-0.4, -0.2) is 29.8 Å². The van der Waals surface area contributed by atoms with Gasteiger partial charge in [-0.25, -0.2) is 0 Å². The SMILES string of the molecule is CCC(=O)NCC(=O)N1CCc2ccccc2[C@@H]1Cc1ccccc1. The van der Waals surface area contributed by atoms with Gasteiger partial charge >= 0.3 is 0 Å². The number of nitrogens with one attached hydrogen (secondary N) is 1. The van der Waals surface area contributed by atoms with Crippen LogP contribution in [0.25, 0.3) is 0 Å². The van der Waals surface area contributed by atoms with E-state index in [0.29, 0.717) is 13.0 Å². The Hall–Kier alpha value is -2.62. The molecule has 0 fully saturated rings. The summed E-state index contributed by atoms with van der Waals surface area (Å²) in [4.78, 5) is 26.2. The highest BCUT2D eigenvalue weighted by Crippen LogP contribution is 2.32. The summed E-state index contributed by atoms with van der Waals surface area (Å²) >= 11 is 0. The first kappa shape index (κ1) is 17.2. The Kier molecular flexibility index (Phi) is 5.49. The zero-order chi connectivity index (χ0) is 17.6. The monoisotopic (exact) mass is 336 g/mol. The maximum absolute atomic E-state index is 12.7. The molecule has 2 amide bonds. The van der Waals surface area contributed by atoms with Crippen LogP contribution in [-0.2, 0) is 22.4 Å². The van der Waals surface area contributed by atoms with Crippen LogP contribution in [0.15, 0.2) is 54.6 Å². The van der Waals surface area contributed by atoms with Gasteiger partial charge in [0.25, 0.3) is 0 Å². The number of amides is 2. The van der Waals surface area contributed by atoms with Crippen LogP contribution in [0.1, 0.15) is 36.1 Å². The van der Waals surface area contributed by atoms with Gasteiger partial charge in [-0.3, -0.25) is 9.59 Å². The van der Waals surface area contributed by atoms with E-state index in [1.54, 1.807) is 6.92 Å². The zero-order valence-electron chi connectivity index (χ0n) is 14.6. The minimum Gasteiger partial charge on any atom is -0.347 e. The van der Waals surface area contributed by atoms with Gasteiger partial charge in [0.15, 0.2) is 0 Å². The molecular formula is C21H24N2O2. The minimum absolute atomic E-state index is 0.0124. The van der Waals surface area contributed by atoms with Crippen LogP contribution in [0.2, 0.25) is 0 Å². The maximum atomic E-state index is 12.7. The summed E-state index contributed by atoms with van der Waals surface area (Å²) in [7, 11) is 0. The molecule has 1 heterocycles. The number of nitrogens with zero attached hydrogens (tertiary/aromatic N) is 1. The Labute approximate surface area is 148 Å². The topological polar surface area (TPSA) is 49.4 Å². The van der Waals surface area contributed by atoms with E-state index in [1.807, 2.05) is 29.2 Å². The largest absolute Gasteiger partial charge is 0.347 e. The summed E-state index contributed by atoms with van der Waals surface area (Å²) in [6, 6.07) is 18.6.